The average molecular weight is 506 g/mol. The first-order valence-corrected chi connectivity index (χ1v) is 11.1. The van der Waals surface area contributed by atoms with Crippen LogP contribution >= 0.6 is 23.2 Å². The average Bonchev–Trinajstić information content (AvgIpc) is 3.18. The lowest BCUT2D eigenvalue weighted by molar-refractivity contribution is -0.137. The number of carboxylic acids is 1. The number of rotatable bonds is 7. The lowest BCUT2D eigenvalue weighted by Gasteiger charge is -2.22. The number of nitrogens with zero attached hydrogens (tertiary/aromatic N) is 3. The van der Waals surface area contributed by atoms with Gasteiger partial charge >= 0.3 is 11.9 Å². The summed E-state index contributed by atoms with van der Waals surface area (Å²) in [6.45, 7) is -0.265. The molecular formula is C26H17Cl2N3O4. The van der Waals surface area contributed by atoms with E-state index in [1.807, 2.05) is 6.07 Å². The van der Waals surface area contributed by atoms with Crippen LogP contribution in [-0.4, -0.2) is 21.6 Å². The highest BCUT2D eigenvalue weighted by Gasteiger charge is 2.24. The third-order valence-corrected chi connectivity index (χ3v) is 5.56. The standard InChI is InChI=1S/C26H17Cl2N3O4/c27-19-10-11-24(22(28)13-19)35-31(20-6-2-1-3-7-20)26(34)17(14-29)12-18-15-30(16-25(32)33)23-9-5-4-8-21(18)23/h1-13,15H,16H2,(H,32,33)/b17-12+. The van der Waals surface area contributed by atoms with Crippen LogP contribution in [-0.2, 0) is 16.1 Å². The number of para-hydroxylation sites is 2. The summed E-state index contributed by atoms with van der Waals surface area (Å²) in [6.07, 6.45) is 3.00. The summed E-state index contributed by atoms with van der Waals surface area (Å²) >= 11 is 12.2. The normalized spacial score (nSPS) is 11.2. The van der Waals surface area contributed by atoms with Gasteiger partial charge in [0.05, 0.1) is 10.7 Å². The van der Waals surface area contributed by atoms with Crippen molar-refractivity contribution in [1.29, 1.82) is 5.26 Å². The molecule has 0 aliphatic heterocycles. The van der Waals surface area contributed by atoms with Gasteiger partial charge in [0.25, 0.3) is 0 Å². The maximum absolute atomic E-state index is 13.5. The first-order valence-electron chi connectivity index (χ1n) is 10.3. The van der Waals surface area contributed by atoms with Crippen LogP contribution in [0.4, 0.5) is 5.69 Å². The van der Waals surface area contributed by atoms with E-state index in [9.17, 15) is 20.0 Å². The van der Waals surface area contributed by atoms with Gasteiger partial charge in [-0.3, -0.25) is 9.59 Å². The fourth-order valence-electron chi connectivity index (χ4n) is 3.50. The molecule has 1 heterocycles. The van der Waals surface area contributed by atoms with Crippen molar-refractivity contribution < 1.29 is 19.5 Å². The minimum absolute atomic E-state index is 0.170. The van der Waals surface area contributed by atoms with Crippen LogP contribution in [0.15, 0.2) is 84.6 Å². The largest absolute Gasteiger partial charge is 0.480 e. The Morgan fingerprint density at radius 1 is 1.06 bits per heavy atom. The topological polar surface area (TPSA) is 95.6 Å². The summed E-state index contributed by atoms with van der Waals surface area (Å²) in [6, 6.07) is 22.1. The molecule has 35 heavy (non-hydrogen) atoms. The van der Waals surface area contributed by atoms with Gasteiger partial charge in [-0.05, 0) is 42.5 Å². The summed E-state index contributed by atoms with van der Waals surface area (Å²) in [7, 11) is 0. The van der Waals surface area contributed by atoms with E-state index in [0.29, 0.717) is 27.2 Å². The zero-order chi connectivity index (χ0) is 24.9. The van der Waals surface area contributed by atoms with E-state index in [4.69, 9.17) is 28.0 Å². The molecule has 1 N–H and O–H groups in total. The predicted octanol–water partition coefficient (Wildman–Crippen LogP) is 5.97. The lowest BCUT2D eigenvalue weighted by atomic mass is 10.1. The number of carbonyl (C=O) groups is 2. The second-order valence-electron chi connectivity index (χ2n) is 7.39. The SMILES string of the molecule is N#C/C(=C\c1cn(CC(=O)O)c2ccccc12)C(=O)N(Oc1ccc(Cl)cc1Cl)c1ccccc1. The first-order chi connectivity index (χ1) is 16.9. The Kier molecular flexibility index (Phi) is 7.06. The lowest BCUT2D eigenvalue weighted by Crippen LogP contribution is -2.35. The molecule has 0 saturated carbocycles. The monoisotopic (exact) mass is 505 g/mol. The number of hydrogen-bond acceptors (Lipinski definition) is 4. The van der Waals surface area contributed by atoms with Gasteiger partial charge in [0.1, 0.15) is 18.2 Å². The van der Waals surface area contributed by atoms with Crippen LogP contribution in [0.2, 0.25) is 10.0 Å². The Labute approximate surface area is 210 Å². The first kappa shape index (κ1) is 23.9. The van der Waals surface area contributed by atoms with Crippen molar-refractivity contribution in [3.05, 3.63) is 100 Å². The number of halogens is 2. The second-order valence-corrected chi connectivity index (χ2v) is 8.24. The molecule has 0 fully saturated rings. The van der Waals surface area contributed by atoms with Gasteiger partial charge in [-0.25, -0.2) is 0 Å². The van der Waals surface area contributed by atoms with Crippen LogP contribution in [0, 0.1) is 11.3 Å². The molecule has 4 aromatic rings. The Bertz CT molecular complexity index is 1490. The second kappa shape index (κ2) is 10.3. The van der Waals surface area contributed by atoms with Crippen molar-refractivity contribution in [1.82, 2.24) is 4.57 Å². The molecule has 0 spiro atoms. The van der Waals surface area contributed by atoms with E-state index in [1.165, 1.54) is 18.2 Å². The number of amides is 1. The Morgan fingerprint density at radius 2 is 1.77 bits per heavy atom. The van der Waals surface area contributed by atoms with Crippen LogP contribution in [0.25, 0.3) is 17.0 Å². The van der Waals surface area contributed by atoms with Gasteiger partial charge < -0.3 is 14.5 Å². The number of carbonyl (C=O) groups excluding carboxylic acids is 1. The molecule has 9 heteroatoms. The summed E-state index contributed by atoms with van der Waals surface area (Å²) in [5, 5.41) is 21.4. The van der Waals surface area contributed by atoms with Crippen LogP contribution in [0.5, 0.6) is 5.75 Å². The zero-order valence-electron chi connectivity index (χ0n) is 18.1. The number of aliphatic carboxylic acids is 1. The van der Waals surface area contributed by atoms with Gasteiger partial charge in [0, 0.05) is 27.7 Å². The molecule has 1 amide bonds. The predicted molar refractivity (Wildman–Crippen MR) is 134 cm³/mol. The summed E-state index contributed by atoms with van der Waals surface area (Å²) < 4.78 is 1.54. The van der Waals surface area contributed by atoms with Gasteiger partial charge in [-0.1, -0.05) is 59.6 Å². The molecule has 7 nitrogen and oxygen atoms in total. The van der Waals surface area contributed by atoms with Crippen molar-refractivity contribution >= 4 is 57.7 Å². The molecule has 0 atom stereocenters. The van der Waals surface area contributed by atoms with Crippen molar-refractivity contribution in [2.24, 2.45) is 0 Å². The number of benzene rings is 3. The number of fused-ring (bicyclic) bond motifs is 1. The highest BCUT2D eigenvalue weighted by molar-refractivity contribution is 6.35. The Balaban J connectivity index is 1.77. The fraction of sp³-hybridized carbons (Fsp3) is 0.0385. The third-order valence-electron chi connectivity index (χ3n) is 5.03. The smallest absolute Gasteiger partial charge is 0.323 e. The molecule has 174 valence electrons. The van der Waals surface area contributed by atoms with E-state index < -0.39 is 11.9 Å². The molecule has 4 rings (SSSR count). The van der Waals surface area contributed by atoms with E-state index in [2.05, 4.69) is 0 Å². The van der Waals surface area contributed by atoms with Gasteiger partial charge in [-0.15, -0.1) is 5.06 Å². The van der Waals surface area contributed by atoms with Gasteiger partial charge in [0.2, 0.25) is 0 Å². The van der Waals surface area contributed by atoms with Gasteiger partial charge in [-0.2, -0.15) is 5.26 Å². The molecule has 0 unspecified atom stereocenters. The van der Waals surface area contributed by atoms with Crippen LogP contribution in [0.1, 0.15) is 5.56 Å². The van der Waals surface area contributed by atoms with Gasteiger partial charge in [0.15, 0.2) is 5.75 Å². The van der Waals surface area contributed by atoms with Crippen LogP contribution < -0.4 is 9.90 Å². The number of carboxylic acid groups (broad SMARTS) is 1. The molecule has 0 radical (unpaired) electrons. The molecule has 0 aliphatic carbocycles. The maximum Gasteiger partial charge on any atom is 0.323 e. The fourth-order valence-corrected chi connectivity index (χ4v) is 3.94. The van der Waals surface area contributed by atoms with E-state index in [0.717, 1.165) is 5.06 Å². The number of anilines is 1. The quantitative estimate of drug-likeness (QED) is 0.189. The highest BCUT2D eigenvalue weighted by atomic mass is 35.5. The summed E-state index contributed by atoms with van der Waals surface area (Å²) in [4.78, 5) is 30.6. The van der Waals surface area contributed by atoms with Crippen molar-refractivity contribution in [2.75, 3.05) is 5.06 Å². The Morgan fingerprint density at radius 3 is 2.46 bits per heavy atom. The van der Waals surface area contributed by atoms with E-state index in [-0.39, 0.29) is 22.9 Å². The summed E-state index contributed by atoms with van der Waals surface area (Å²) in [5.74, 6) is -1.58. The van der Waals surface area contributed by atoms with Crippen molar-refractivity contribution in [3.63, 3.8) is 0 Å². The highest BCUT2D eigenvalue weighted by Crippen LogP contribution is 2.31. The minimum Gasteiger partial charge on any atom is -0.480 e. The van der Waals surface area contributed by atoms with E-state index >= 15 is 0 Å². The number of hydroxylamine groups is 1. The molecular weight excluding hydrogens is 489 g/mol. The van der Waals surface area contributed by atoms with E-state index in [1.54, 1.807) is 71.4 Å². The third kappa shape index (κ3) is 5.30. The van der Waals surface area contributed by atoms with Crippen LogP contribution in [0.3, 0.4) is 0 Å². The maximum atomic E-state index is 13.5. The Hall–Kier alpha value is -4.25. The summed E-state index contributed by atoms with van der Waals surface area (Å²) in [5.41, 5.74) is 1.33. The molecule has 0 bridgehead atoms. The molecule has 3 aromatic carbocycles. The number of aromatic nitrogens is 1. The number of nitriles is 1. The van der Waals surface area contributed by atoms with Crippen molar-refractivity contribution in [2.45, 2.75) is 6.54 Å². The number of hydrogen-bond donors (Lipinski definition) is 1. The zero-order valence-corrected chi connectivity index (χ0v) is 19.6. The molecule has 1 aromatic heterocycles. The molecule has 0 aliphatic rings. The van der Waals surface area contributed by atoms with Crippen molar-refractivity contribution in [3.8, 4) is 11.8 Å². The minimum atomic E-state index is -1.01. The molecule has 0 saturated heterocycles.